The summed E-state index contributed by atoms with van der Waals surface area (Å²) in [5.41, 5.74) is 5.36. The van der Waals surface area contributed by atoms with Gasteiger partial charge in [0.25, 0.3) is 0 Å². The molecule has 1 aliphatic heterocycles. The summed E-state index contributed by atoms with van der Waals surface area (Å²) in [4.78, 5) is 36.6. The predicted octanol–water partition coefficient (Wildman–Crippen LogP) is 4.11. The van der Waals surface area contributed by atoms with E-state index in [1.165, 1.54) is 7.11 Å². The van der Waals surface area contributed by atoms with E-state index >= 15 is 0 Å². The number of benzene rings is 2. The minimum atomic E-state index is -0.458. The Labute approximate surface area is 197 Å². The van der Waals surface area contributed by atoms with Gasteiger partial charge in [-0.25, -0.2) is 4.79 Å². The maximum atomic E-state index is 12.6. The Morgan fingerprint density at radius 1 is 1.18 bits per heavy atom. The van der Waals surface area contributed by atoms with E-state index in [9.17, 15) is 19.6 Å². The van der Waals surface area contributed by atoms with Gasteiger partial charge in [-0.05, 0) is 49.6 Å². The number of allylic oxidation sites excluding steroid dienone is 1. The first-order valence-corrected chi connectivity index (χ1v) is 11.3. The van der Waals surface area contributed by atoms with Crippen molar-refractivity contribution in [1.29, 1.82) is 5.26 Å². The zero-order valence-electron chi connectivity index (χ0n) is 18.9. The monoisotopic (exact) mass is 463 g/mol. The molecule has 8 heteroatoms. The molecule has 0 saturated carbocycles. The van der Waals surface area contributed by atoms with Crippen LogP contribution < -0.4 is 10.6 Å². The Bertz CT molecular complexity index is 1160. The first-order chi connectivity index (χ1) is 15.7. The predicted molar refractivity (Wildman–Crippen MR) is 128 cm³/mol. The van der Waals surface area contributed by atoms with Crippen molar-refractivity contribution in [1.82, 2.24) is 5.32 Å². The van der Waals surface area contributed by atoms with Gasteiger partial charge in [-0.15, -0.1) is 0 Å². The summed E-state index contributed by atoms with van der Waals surface area (Å²) >= 11 is 1.13. The summed E-state index contributed by atoms with van der Waals surface area (Å²) in [6, 6.07) is 12.8. The van der Waals surface area contributed by atoms with Crippen molar-refractivity contribution >= 4 is 35.2 Å². The smallest absolute Gasteiger partial charge is 0.337 e. The Morgan fingerprint density at radius 3 is 2.39 bits per heavy atom. The lowest BCUT2D eigenvalue weighted by atomic mass is 9.87. The lowest BCUT2D eigenvalue weighted by Gasteiger charge is -2.25. The molecule has 2 aromatic rings. The number of aryl methyl sites for hydroxylation is 3. The maximum absolute atomic E-state index is 12.6. The molecule has 1 atom stereocenters. The molecule has 0 radical (unpaired) electrons. The molecule has 0 saturated heterocycles. The number of carbonyl (C=O) groups excluding carboxylic acids is 3. The number of thioether (sulfide) groups is 1. The summed E-state index contributed by atoms with van der Waals surface area (Å²) in [6.45, 7) is 5.88. The van der Waals surface area contributed by atoms with Gasteiger partial charge in [-0.2, -0.15) is 5.26 Å². The fraction of sp³-hybridized carbons (Fsp3) is 0.280. The third-order valence-corrected chi connectivity index (χ3v) is 6.40. The lowest BCUT2D eigenvalue weighted by molar-refractivity contribution is -0.121. The molecule has 1 aliphatic rings. The maximum Gasteiger partial charge on any atom is 0.337 e. The van der Waals surface area contributed by atoms with Crippen molar-refractivity contribution < 1.29 is 19.1 Å². The van der Waals surface area contributed by atoms with Crippen LogP contribution in [0.5, 0.6) is 0 Å². The molecule has 0 aromatic heterocycles. The number of hydrogen-bond donors (Lipinski definition) is 2. The summed E-state index contributed by atoms with van der Waals surface area (Å²) in [5.74, 6) is -1.33. The van der Waals surface area contributed by atoms with E-state index in [-0.39, 0.29) is 24.0 Å². The van der Waals surface area contributed by atoms with Crippen LogP contribution in [-0.4, -0.2) is 30.6 Å². The van der Waals surface area contributed by atoms with Crippen LogP contribution in [0.3, 0.4) is 0 Å². The molecule has 7 nitrogen and oxygen atoms in total. The number of hydrogen-bond acceptors (Lipinski definition) is 6. The van der Waals surface area contributed by atoms with Gasteiger partial charge in [0.05, 0.1) is 35.1 Å². The van der Waals surface area contributed by atoms with E-state index in [1.54, 1.807) is 24.3 Å². The second-order valence-corrected chi connectivity index (χ2v) is 8.87. The minimum absolute atomic E-state index is 0.0432. The zero-order valence-corrected chi connectivity index (χ0v) is 19.8. The average Bonchev–Trinajstić information content (AvgIpc) is 2.79. The number of amides is 2. The van der Waals surface area contributed by atoms with Crippen LogP contribution >= 0.6 is 11.8 Å². The normalized spacial score (nSPS) is 15.5. The molecule has 3 rings (SSSR count). The number of esters is 1. The van der Waals surface area contributed by atoms with Gasteiger partial charge < -0.3 is 15.4 Å². The second-order valence-electron chi connectivity index (χ2n) is 7.88. The molecule has 0 bridgehead atoms. The standard InChI is InChI=1S/C25H25N3O4S/c1-14-9-15(2)23(16(3)10-14)27-22(30)13-33-24-20(12-26)19(11-21(29)28-24)17-5-7-18(8-6-17)25(31)32-4/h5-10,19H,11,13H2,1-4H3,(H,27,30)(H,28,29)/t19-/m1/s1. The van der Waals surface area contributed by atoms with Crippen molar-refractivity contribution in [3.05, 3.63) is 74.8 Å². The molecule has 0 spiro atoms. The number of anilines is 1. The Balaban J connectivity index is 1.77. The third kappa shape index (κ3) is 5.62. The molecule has 2 N–H and O–H groups in total. The number of nitrogens with zero attached hydrogens (tertiary/aromatic N) is 1. The van der Waals surface area contributed by atoms with Gasteiger partial charge in [0.15, 0.2) is 0 Å². The number of carbonyl (C=O) groups is 3. The summed E-state index contributed by atoms with van der Waals surface area (Å²) < 4.78 is 4.71. The number of methoxy groups -OCH3 is 1. The van der Waals surface area contributed by atoms with E-state index < -0.39 is 11.9 Å². The number of nitriles is 1. The molecule has 2 amide bonds. The van der Waals surface area contributed by atoms with Gasteiger partial charge in [-0.1, -0.05) is 41.6 Å². The molecule has 0 aliphatic carbocycles. The third-order valence-electron chi connectivity index (χ3n) is 5.38. The van der Waals surface area contributed by atoms with E-state index in [0.29, 0.717) is 16.2 Å². The molecular weight excluding hydrogens is 438 g/mol. The van der Waals surface area contributed by atoms with Crippen LogP contribution in [0, 0.1) is 32.1 Å². The van der Waals surface area contributed by atoms with Crippen LogP contribution in [0.1, 0.15) is 45.0 Å². The fourth-order valence-corrected chi connectivity index (χ4v) is 4.75. The van der Waals surface area contributed by atoms with Crippen LogP contribution in [0.2, 0.25) is 0 Å². The summed E-state index contributed by atoms with van der Waals surface area (Å²) in [5, 5.41) is 15.9. The molecule has 0 unspecified atom stereocenters. The minimum Gasteiger partial charge on any atom is -0.465 e. The SMILES string of the molecule is COC(=O)c1ccc([C@H]2CC(=O)NC(SCC(=O)Nc3c(C)cc(C)cc3C)=C2C#N)cc1. The molecule has 0 fully saturated rings. The van der Waals surface area contributed by atoms with Crippen molar-refractivity contribution in [2.45, 2.75) is 33.1 Å². The lowest BCUT2D eigenvalue weighted by Crippen LogP contribution is -2.31. The van der Waals surface area contributed by atoms with Gasteiger partial charge in [0.2, 0.25) is 11.8 Å². The zero-order chi connectivity index (χ0) is 24.1. The van der Waals surface area contributed by atoms with Crippen LogP contribution in [0.25, 0.3) is 0 Å². The highest BCUT2D eigenvalue weighted by Gasteiger charge is 2.30. The van der Waals surface area contributed by atoms with E-state index in [2.05, 4.69) is 16.7 Å². The van der Waals surface area contributed by atoms with E-state index in [4.69, 9.17) is 4.74 Å². The van der Waals surface area contributed by atoms with Crippen molar-refractivity contribution in [2.24, 2.45) is 0 Å². The molecule has 2 aromatic carbocycles. The largest absolute Gasteiger partial charge is 0.465 e. The molecular formula is C25H25N3O4S. The summed E-state index contributed by atoms with van der Waals surface area (Å²) in [6.07, 6.45) is 0.110. The topological polar surface area (TPSA) is 108 Å². The van der Waals surface area contributed by atoms with E-state index in [1.807, 2.05) is 32.9 Å². The first-order valence-electron chi connectivity index (χ1n) is 10.4. The Kier molecular flexibility index (Phi) is 7.56. The average molecular weight is 464 g/mol. The van der Waals surface area contributed by atoms with E-state index in [0.717, 1.165) is 39.7 Å². The van der Waals surface area contributed by atoms with Crippen molar-refractivity contribution in [3.63, 3.8) is 0 Å². The second kappa shape index (κ2) is 10.4. The number of rotatable bonds is 6. The van der Waals surface area contributed by atoms with Crippen molar-refractivity contribution in [3.8, 4) is 6.07 Å². The molecule has 1 heterocycles. The van der Waals surface area contributed by atoms with Crippen LogP contribution in [-0.2, 0) is 14.3 Å². The van der Waals surface area contributed by atoms with Crippen molar-refractivity contribution in [2.75, 3.05) is 18.2 Å². The van der Waals surface area contributed by atoms with Gasteiger partial charge >= 0.3 is 5.97 Å². The Morgan fingerprint density at radius 2 is 1.82 bits per heavy atom. The first kappa shape index (κ1) is 24.1. The van der Waals surface area contributed by atoms with Gasteiger partial charge in [0, 0.05) is 18.0 Å². The van der Waals surface area contributed by atoms with Gasteiger partial charge in [-0.3, -0.25) is 9.59 Å². The molecule has 170 valence electrons. The molecule has 33 heavy (non-hydrogen) atoms. The quantitative estimate of drug-likeness (QED) is 0.624. The fourth-order valence-electron chi connectivity index (χ4n) is 3.88. The van der Waals surface area contributed by atoms with Crippen LogP contribution in [0.4, 0.5) is 5.69 Å². The highest BCUT2D eigenvalue weighted by Crippen LogP contribution is 2.36. The van der Waals surface area contributed by atoms with Crippen LogP contribution in [0.15, 0.2) is 47.0 Å². The number of nitrogens with one attached hydrogen (secondary N) is 2. The Hall–Kier alpha value is -3.57. The number of ether oxygens (including phenoxy) is 1. The highest BCUT2D eigenvalue weighted by atomic mass is 32.2. The van der Waals surface area contributed by atoms with Gasteiger partial charge in [0.1, 0.15) is 0 Å². The summed E-state index contributed by atoms with van der Waals surface area (Å²) in [7, 11) is 1.30. The highest BCUT2D eigenvalue weighted by molar-refractivity contribution is 8.03.